The van der Waals surface area contributed by atoms with Crippen LogP contribution in [0, 0.1) is 6.92 Å². The molecule has 0 fully saturated rings. The van der Waals surface area contributed by atoms with E-state index in [0.29, 0.717) is 22.9 Å². The number of para-hydroxylation sites is 1. The molecule has 0 aliphatic rings. The molecule has 154 valence electrons. The molecule has 0 saturated heterocycles. The van der Waals surface area contributed by atoms with Crippen LogP contribution in [0.3, 0.4) is 0 Å². The maximum absolute atomic E-state index is 12.6. The summed E-state index contributed by atoms with van der Waals surface area (Å²) in [7, 11) is 0. The second-order valence-corrected chi connectivity index (χ2v) is 7.72. The number of hydrogen-bond donors (Lipinski definition) is 3. The third-order valence-corrected chi connectivity index (χ3v) is 5.34. The van der Waals surface area contributed by atoms with Gasteiger partial charge in [0.2, 0.25) is 5.95 Å². The van der Waals surface area contributed by atoms with Crippen molar-refractivity contribution in [1.29, 1.82) is 0 Å². The summed E-state index contributed by atoms with van der Waals surface area (Å²) in [6.07, 6.45) is 1.74. The number of nitrogens with one attached hydrogen (secondary N) is 2. The molecule has 0 unspecified atom stereocenters. The molecule has 0 saturated carbocycles. The van der Waals surface area contributed by atoms with E-state index in [1.165, 1.54) is 24.3 Å². The van der Waals surface area contributed by atoms with Gasteiger partial charge >= 0.3 is 5.97 Å². The Morgan fingerprint density at radius 3 is 2.48 bits per heavy atom. The fourth-order valence-electron chi connectivity index (χ4n) is 3.00. The second kappa shape index (κ2) is 8.53. The third-order valence-electron chi connectivity index (χ3n) is 4.70. The normalized spacial score (nSPS) is 10.6. The lowest BCUT2D eigenvalue weighted by molar-refractivity contribution is 0.0696. The Kier molecular flexibility index (Phi) is 5.64. The number of carboxylic acid groups (broad SMARTS) is 1. The van der Waals surface area contributed by atoms with E-state index in [2.05, 4.69) is 36.5 Å². The first kappa shape index (κ1) is 20.5. The van der Waals surface area contributed by atoms with Gasteiger partial charge in [0.25, 0.3) is 5.91 Å². The van der Waals surface area contributed by atoms with Crippen LogP contribution in [0.1, 0.15) is 26.3 Å². The van der Waals surface area contributed by atoms with Gasteiger partial charge in [-0.15, -0.1) is 0 Å². The van der Waals surface area contributed by atoms with Crippen molar-refractivity contribution < 1.29 is 14.7 Å². The molecule has 0 spiro atoms. The average molecular weight is 477 g/mol. The summed E-state index contributed by atoms with van der Waals surface area (Å²) < 4.78 is 0.876. The van der Waals surface area contributed by atoms with Gasteiger partial charge in [-0.05, 0) is 70.9 Å². The standard InChI is InChI=1S/C23H17BrN4O3/c1-13-5-10-17(26-23-25-12-16-3-2-4-18(24)20(16)28-23)11-19(13)27-21(29)14-6-8-15(9-7-14)22(30)31/h2-12H,1H3,(H,27,29)(H,30,31)(H,25,26,28). The van der Waals surface area contributed by atoms with Crippen molar-refractivity contribution in [3.05, 3.63) is 88.0 Å². The first-order valence-corrected chi connectivity index (χ1v) is 10.1. The van der Waals surface area contributed by atoms with Crippen molar-refractivity contribution in [2.75, 3.05) is 10.6 Å². The van der Waals surface area contributed by atoms with Crippen LogP contribution in [0.25, 0.3) is 10.9 Å². The fourth-order valence-corrected chi connectivity index (χ4v) is 3.47. The molecule has 0 aliphatic heterocycles. The lowest BCUT2D eigenvalue weighted by atomic mass is 10.1. The topological polar surface area (TPSA) is 104 Å². The van der Waals surface area contributed by atoms with Crippen LogP contribution >= 0.6 is 15.9 Å². The number of aromatic nitrogens is 2. The number of carbonyl (C=O) groups is 2. The summed E-state index contributed by atoms with van der Waals surface area (Å²) in [5.74, 6) is -0.933. The summed E-state index contributed by atoms with van der Waals surface area (Å²) in [5.41, 5.74) is 3.51. The predicted molar refractivity (Wildman–Crippen MR) is 123 cm³/mol. The number of carboxylic acids is 1. The molecule has 1 amide bonds. The summed E-state index contributed by atoms with van der Waals surface area (Å²) in [5, 5.41) is 15.9. The van der Waals surface area contributed by atoms with Crippen LogP contribution in [-0.4, -0.2) is 27.0 Å². The molecule has 31 heavy (non-hydrogen) atoms. The largest absolute Gasteiger partial charge is 0.478 e. The van der Waals surface area contributed by atoms with E-state index in [1.54, 1.807) is 12.3 Å². The highest BCUT2D eigenvalue weighted by Gasteiger charge is 2.11. The Hall–Kier alpha value is -3.78. The smallest absolute Gasteiger partial charge is 0.335 e. The van der Waals surface area contributed by atoms with E-state index in [9.17, 15) is 9.59 Å². The van der Waals surface area contributed by atoms with Crippen molar-refractivity contribution >= 4 is 56.0 Å². The van der Waals surface area contributed by atoms with Crippen LogP contribution in [0.2, 0.25) is 0 Å². The minimum atomic E-state index is -1.04. The molecule has 0 bridgehead atoms. The van der Waals surface area contributed by atoms with Gasteiger partial charge in [-0.3, -0.25) is 4.79 Å². The fraction of sp³-hybridized carbons (Fsp3) is 0.0435. The molecular formula is C23H17BrN4O3. The van der Waals surface area contributed by atoms with E-state index in [1.807, 2.05) is 37.3 Å². The van der Waals surface area contributed by atoms with Gasteiger partial charge < -0.3 is 15.7 Å². The molecule has 3 aromatic carbocycles. The van der Waals surface area contributed by atoms with Gasteiger partial charge in [0.15, 0.2) is 0 Å². The van der Waals surface area contributed by atoms with Crippen LogP contribution in [0.5, 0.6) is 0 Å². The number of carbonyl (C=O) groups excluding carboxylic acids is 1. The highest BCUT2D eigenvalue weighted by Crippen LogP contribution is 2.26. The van der Waals surface area contributed by atoms with E-state index < -0.39 is 5.97 Å². The lowest BCUT2D eigenvalue weighted by Crippen LogP contribution is -2.13. The van der Waals surface area contributed by atoms with Gasteiger partial charge in [0, 0.05) is 33.0 Å². The average Bonchev–Trinajstić information content (AvgIpc) is 2.76. The van der Waals surface area contributed by atoms with Crippen molar-refractivity contribution in [2.45, 2.75) is 6.92 Å². The monoisotopic (exact) mass is 476 g/mol. The van der Waals surface area contributed by atoms with Gasteiger partial charge in [0.1, 0.15) is 0 Å². The number of rotatable bonds is 5. The lowest BCUT2D eigenvalue weighted by Gasteiger charge is -2.12. The van der Waals surface area contributed by atoms with Gasteiger partial charge in [-0.1, -0.05) is 18.2 Å². The van der Waals surface area contributed by atoms with Gasteiger partial charge in [0.05, 0.1) is 11.1 Å². The summed E-state index contributed by atoms with van der Waals surface area (Å²) >= 11 is 3.50. The number of anilines is 3. The van der Waals surface area contributed by atoms with Crippen molar-refractivity contribution in [3.63, 3.8) is 0 Å². The summed E-state index contributed by atoms with van der Waals surface area (Å²) in [6.45, 7) is 1.89. The second-order valence-electron chi connectivity index (χ2n) is 6.86. The SMILES string of the molecule is Cc1ccc(Nc2ncc3cccc(Br)c3n2)cc1NC(=O)c1ccc(C(=O)O)cc1. The molecule has 7 nitrogen and oxygen atoms in total. The molecule has 4 aromatic rings. The van der Waals surface area contributed by atoms with Crippen LogP contribution in [-0.2, 0) is 0 Å². The first-order chi connectivity index (χ1) is 14.9. The Balaban J connectivity index is 1.55. The molecular weight excluding hydrogens is 460 g/mol. The van der Waals surface area contributed by atoms with Crippen LogP contribution in [0.4, 0.5) is 17.3 Å². The number of aromatic carboxylic acids is 1. The van der Waals surface area contributed by atoms with Gasteiger partial charge in [-0.2, -0.15) is 0 Å². The van der Waals surface area contributed by atoms with Crippen molar-refractivity contribution in [1.82, 2.24) is 9.97 Å². The molecule has 0 atom stereocenters. The van der Waals surface area contributed by atoms with Crippen LogP contribution in [0.15, 0.2) is 71.3 Å². The van der Waals surface area contributed by atoms with Gasteiger partial charge in [-0.25, -0.2) is 14.8 Å². The zero-order valence-corrected chi connectivity index (χ0v) is 18.0. The first-order valence-electron chi connectivity index (χ1n) is 9.34. The number of fused-ring (bicyclic) bond motifs is 1. The minimum absolute atomic E-state index is 0.126. The zero-order chi connectivity index (χ0) is 22.0. The van der Waals surface area contributed by atoms with E-state index >= 15 is 0 Å². The Morgan fingerprint density at radius 2 is 1.74 bits per heavy atom. The van der Waals surface area contributed by atoms with Crippen molar-refractivity contribution in [2.24, 2.45) is 0 Å². The van der Waals surface area contributed by atoms with E-state index in [4.69, 9.17) is 5.11 Å². The highest BCUT2D eigenvalue weighted by atomic mass is 79.9. The molecule has 0 aliphatic carbocycles. The zero-order valence-electron chi connectivity index (χ0n) is 16.4. The highest BCUT2D eigenvalue weighted by molar-refractivity contribution is 9.10. The minimum Gasteiger partial charge on any atom is -0.478 e. The quantitative estimate of drug-likeness (QED) is 0.356. The Morgan fingerprint density at radius 1 is 1.00 bits per heavy atom. The van der Waals surface area contributed by atoms with Crippen molar-refractivity contribution in [3.8, 4) is 0 Å². The number of nitrogens with zero attached hydrogens (tertiary/aromatic N) is 2. The number of hydrogen-bond acceptors (Lipinski definition) is 5. The molecule has 1 heterocycles. The molecule has 4 rings (SSSR count). The maximum Gasteiger partial charge on any atom is 0.335 e. The maximum atomic E-state index is 12.6. The molecule has 1 aromatic heterocycles. The number of amides is 1. The van der Waals surface area contributed by atoms with E-state index in [0.717, 1.165) is 20.9 Å². The molecule has 8 heteroatoms. The predicted octanol–water partition coefficient (Wildman–Crippen LogP) is 5.39. The third kappa shape index (κ3) is 4.54. The Labute approximate surface area is 186 Å². The van der Waals surface area contributed by atoms with E-state index in [-0.39, 0.29) is 11.5 Å². The summed E-state index contributed by atoms with van der Waals surface area (Å²) in [6, 6.07) is 17.1. The van der Waals surface area contributed by atoms with Crippen LogP contribution < -0.4 is 10.6 Å². The molecule has 3 N–H and O–H groups in total. The number of benzene rings is 3. The molecule has 0 radical (unpaired) electrons. The summed E-state index contributed by atoms with van der Waals surface area (Å²) in [4.78, 5) is 32.5. The number of aryl methyl sites for hydroxylation is 1. The number of halogens is 1. The Bertz CT molecular complexity index is 1310.